The third-order valence-corrected chi connectivity index (χ3v) is 2.82. The molecule has 0 aliphatic heterocycles. The molecule has 0 atom stereocenters. The second kappa shape index (κ2) is 6.20. The van der Waals surface area contributed by atoms with Crippen molar-refractivity contribution in [1.82, 2.24) is 0 Å². The van der Waals surface area contributed by atoms with Crippen LogP contribution in [0.2, 0.25) is 0 Å². The first-order valence-corrected chi connectivity index (χ1v) is 6.37. The number of halogens is 1. The zero-order valence-corrected chi connectivity index (χ0v) is 11.5. The summed E-state index contributed by atoms with van der Waals surface area (Å²) in [7, 11) is 0. The Morgan fingerprint density at radius 3 is 2.47 bits per heavy atom. The van der Waals surface area contributed by atoms with Crippen LogP contribution in [0.1, 0.15) is 5.56 Å². The average molecular weight is 319 g/mol. The Morgan fingerprint density at radius 2 is 1.84 bits per heavy atom. The van der Waals surface area contributed by atoms with E-state index in [0.717, 1.165) is 21.9 Å². The number of rotatable bonds is 4. The first-order valence-electron chi connectivity index (χ1n) is 5.58. The number of ether oxygens (including phenoxy) is 1. The van der Waals surface area contributed by atoms with E-state index in [1.165, 1.54) is 6.08 Å². The van der Waals surface area contributed by atoms with Crippen LogP contribution in [-0.4, -0.2) is 11.1 Å². The molecule has 19 heavy (non-hydrogen) atoms. The standard InChI is InChI=1S/C15H11BrO3/c16-12-2-1-3-14(10-12)19-13-7-4-11(5-8-13)6-9-15(17)18/h1-10H,(H,17,18)/b9-6+. The van der Waals surface area contributed by atoms with E-state index in [9.17, 15) is 4.79 Å². The lowest BCUT2D eigenvalue weighted by Crippen LogP contribution is -1.86. The van der Waals surface area contributed by atoms with Crippen molar-refractivity contribution in [2.45, 2.75) is 0 Å². The highest BCUT2D eigenvalue weighted by atomic mass is 79.9. The largest absolute Gasteiger partial charge is 0.478 e. The van der Waals surface area contributed by atoms with Gasteiger partial charge in [-0.3, -0.25) is 0 Å². The fourth-order valence-corrected chi connectivity index (χ4v) is 1.86. The Bertz CT molecular complexity index is 603. The van der Waals surface area contributed by atoms with Gasteiger partial charge in [0.2, 0.25) is 0 Å². The Hall–Kier alpha value is -2.07. The molecule has 2 aromatic carbocycles. The van der Waals surface area contributed by atoms with Crippen LogP contribution in [-0.2, 0) is 4.79 Å². The summed E-state index contributed by atoms with van der Waals surface area (Å²) >= 11 is 3.38. The van der Waals surface area contributed by atoms with Crippen molar-refractivity contribution in [3.8, 4) is 11.5 Å². The molecule has 0 radical (unpaired) electrons. The van der Waals surface area contributed by atoms with Crippen molar-refractivity contribution in [1.29, 1.82) is 0 Å². The summed E-state index contributed by atoms with van der Waals surface area (Å²) in [6.45, 7) is 0. The zero-order chi connectivity index (χ0) is 13.7. The molecule has 2 aromatic rings. The first-order chi connectivity index (χ1) is 9.13. The monoisotopic (exact) mass is 318 g/mol. The van der Waals surface area contributed by atoms with Crippen molar-refractivity contribution in [3.63, 3.8) is 0 Å². The number of carbonyl (C=O) groups is 1. The van der Waals surface area contributed by atoms with Crippen LogP contribution in [0.4, 0.5) is 0 Å². The number of benzene rings is 2. The van der Waals surface area contributed by atoms with Gasteiger partial charge in [0, 0.05) is 10.5 Å². The topological polar surface area (TPSA) is 46.5 Å². The number of carboxylic acid groups (broad SMARTS) is 1. The Labute approximate surface area is 119 Å². The quantitative estimate of drug-likeness (QED) is 0.853. The molecule has 1 N–H and O–H groups in total. The normalized spacial score (nSPS) is 10.6. The molecule has 0 bridgehead atoms. The van der Waals surface area contributed by atoms with Crippen LogP contribution >= 0.6 is 15.9 Å². The lowest BCUT2D eigenvalue weighted by Gasteiger charge is -2.06. The highest BCUT2D eigenvalue weighted by molar-refractivity contribution is 9.10. The minimum atomic E-state index is -0.963. The predicted molar refractivity (Wildman–Crippen MR) is 77.3 cm³/mol. The smallest absolute Gasteiger partial charge is 0.328 e. The van der Waals surface area contributed by atoms with Crippen LogP contribution in [0.3, 0.4) is 0 Å². The third-order valence-electron chi connectivity index (χ3n) is 2.33. The van der Waals surface area contributed by atoms with Crippen LogP contribution in [0.5, 0.6) is 11.5 Å². The molecule has 0 saturated heterocycles. The van der Waals surface area contributed by atoms with E-state index >= 15 is 0 Å². The van der Waals surface area contributed by atoms with E-state index in [1.54, 1.807) is 24.3 Å². The van der Waals surface area contributed by atoms with Gasteiger partial charge >= 0.3 is 5.97 Å². The van der Waals surface area contributed by atoms with Gasteiger partial charge < -0.3 is 9.84 Å². The Kier molecular flexibility index (Phi) is 4.36. The van der Waals surface area contributed by atoms with Crippen molar-refractivity contribution in [3.05, 3.63) is 64.6 Å². The van der Waals surface area contributed by atoms with Gasteiger partial charge in [0.05, 0.1) is 0 Å². The Balaban J connectivity index is 2.08. The summed E-state index contributed by atoms with van der Waals surface area (Å²) in [5.74, 6) is 0.475. The van der Waals surface area contributed by atoms with E-state index in [1.807, 2.05) is 24.3 Å². The van der Waals surface area contributed by atoms with Gasteiger partial charge in [0.25, 0.3) is 0 Å². The summed E-state index contributed by atoms with van der Waals surface area (Å²) in [6, 6.07) is 14.7. The van der Waals surface area contributed by atoms with E-state index < -0.39 is 5.97 Å². The van der Waals surface area contributed by atoms with Gasteiger partial charge in [0.1, 0.15) is 11.5 Å². The maximum atomic E-state index is 10.4. The lowest BCUT2D eigenvalue weighted by atomic mass is 10.2. The third kappa shape index (κ3) is 4.26. The van der Waals surface area contributed by atoms with Crippen molar-refractivity contribution in [2.24, 2.45) is 0 Å². The van der Waals surface area contributed by atoms with Gasteiger partial charge in [-0.1, -0.05) is 34.1 Å². The molecule has 0 unspecified atom stereocenters. The minimum Gasteiger partial charge on any atom is -0.478 e. The summed E-state index contributed by atoms with van der Waals surface area (Å²) in [6.07, 6.45) is 2.63. The SMILES string of the molecule is O=C(O)/C=C/c1ccc(Oc2cccc(Br)c2)cc1. The first kappa shape index (κ1) is 13.4. The average Bonchev–Trinajstić information content (AvgIpc) is 2.38. The van der Waals surface area contributed by atoms with Gasteiger partial charge in [-0.2, -0.15) is 0 Å². The Morgan fingerprint density at radius 1 is 1.11 bits per heavy atom. The summed E-state index contributed by atoms with van der Waals surface area (Å²) in [4.78, 5) is 10.4. The lowest BCUT2D eigenvalue weighted by molar-refractivity contribution is -0.131. The van der Waals surface area contributed by atoms with E-state index in [0.29, 0.717) is 5.75 Å². The second-order valence-corrected chi connectivity index (χ2v) is 4.72. The molecule has 0 aliphatic rings. The van der Waals surface area contributed by atoms with Crippen molar-refractivity contribution in [2.75, 3.05) is 0 Å². The highest BCUT2D eigenvalue weighted by Crippen LogP contribution is 2.24. The van der Waals surface area contributed by atoms with Gasteiger partial charge in [0.15, 0.2) is 0 Å². The number of hydrogen-bond acceptors (Lipinski definition) is 2. The number of hydrogen-bond donors (Lipinski definition) is 1. The molecular weight excluding hydrogens is 308 g/mol. The van der Waals surface area contributed by atoms with Crippen molar-refractivity contribution >= 4 is 28.0 Å². The maximum Gasteiger partial charge on any atom is 0.328 e. The summed E-state index contributed by atoms with van der Waals surface area (Å²) < 4.78 is 6.62. The molecule has 0 amide bonds. The molecule has 0 aromatic heterocycles. The zero-order valence-electron chi connectivity index (χ0n) is 9.92. The molecule has 0 fully saturated rings. The molecular formula is C15H11BrO3. The minimum absolute atomic E-state index is 0.700. The number of carboxylic acids is 1. The van der Waals surface area contributed by atoms with Gasteiger partial charge in [-0.15, -0.1) is 0 Å². The van der Waals surface area contributed by atoms with Crippen LogP contribution in [0.15, 0.2) is 59.1 Å². The van der Waals surface area contributed by atoms with Gasteiger partial charge in [-0.05, 0) is 42.0 Å². The molecule has 96 valence electrons. The molecule has 0 saturated carbocycles. The number of aliphatic carboxylic acids is 1. The molecule has 0 heterocycles. The predicted octanol–water partition coefficient (Wildman–Crippen LogP) is 4.34. The van der Waals surface area contributed by atoms with E-state index in [4.69, 9.17) is 9.84 Å². The van der Waals surface area contributed by atoms with Crippen molar-refractivity contribution < 1.29 is 14.6 Å². The van der Waals surface area contributed by atoms with E-state index in [-0.39, 0.29) is 0 Å². The van der Waals surface area contributed by atoms with Crippen LogP contribution < -0.4 is 4.74 Å². The second-order valence-electron chi connectivity index (χ2n) is 3.80. The van der Waals surface area contributed by atoms with E-state index in [2.05, 4.69) is 15.9 Å². The fourth-order valence-electron chi connectivity index (χ4n) is 1.48. The molecule has 2 rings (SSSR count). The summed E-state index contributed by atoms with van der Waals surface area (Å²) in [5, 5.41) is 8.53. The van der Waals surface area contributed by atoms with Crippen LogP contribution in [0.25, 0.3) is 6.08 Å². The highest BCUT2D eigenvalue weighted by Gasteiger charge is 1.98. The van der Waals surface area contributed by atoms with Gasteiger partial charge in [-0.25, -0.2) is 4.79 Å². The molecule has 0 spiro atoms. The fraction of sp³-hybridized carbons (Fsp3) is 0. The molecule has 3 nitrogen and oxygen atoms in total. The summed E-state index contributed by atoms with van der Waals surface area (Å²) in [5.41, 5.74) is 0.809. The maximum absolute atomic E-state index is 10.4. The molecule has 0 aliphatic carbocycles. The molecule has 4 heteroatoms. The van der Waals surface area contributed by atoms with Crippen LogP contribution in [0, 0.1) is 0 Å².